The summed E-state index contributed by atoms with van der Waals surface area (Å²) in [7, 11) is -5.00. The van der Waals surface area contributed by atoms with E-state index in [2.05, 4.69) is 0 Å². The van der Waals surface area contributed by atoms with Crippen LogP contribution in [-0.4, -0.2) is 27.0 Å². The molecule has 18 heavy (non-hydrogen) atoms. The van der Waals surface area contributed by atoms with Crippen molar-refractivity contribution in [3.63, 3.8) is 0 Å². The van der Waals surface area contributed by atoms with E-state index in [1.54, 1.807) is 0 Å². The zero-order chi connectivity index (χ0) is 14.0. The lowest BCUT2D eigenvalue weighted by molar-refractivity contribution is -0.123. The van der Waals surface area contributed by atoms with Gasteiger partial charge < -0.3 is 5.32 Å². The van der Waals surface area contributed by atoms with Crippen LogP contribution < -0.4 is 5.32 Å². The number of carbonyl (C=O) groups is 1. The molecule has 0 fully saturated rings. The molecule has 0 spiro atoms. The van der Waals surface area contributed by atoms with Crippen LogP contribution in [0.25, 0.3) is 0 Å². The number of alkyl halides is 3. The molecule has 1 rings (SSSR count). The Morgan fingerprint density at radius 1 is 1.28 bits per heavy atom. The molecule has 4 nitrogen and oxygen atoms in total. The van der Waals surface area contributed by atoms with E-state index in [1.165, 1.54) is 5.32 Å². The maximum Gasteiger partial charge on any atom is 0.405 e. The average molecular weight is 285 g/mol. The Kier molecular flexibility index (Phi) is 3.95. The van der Waals surface area contributed by atoms with E-state index in [-0.39, 0.29) is 5.56 Å². The molecule has 0 bridgehead atoms. The number of halogens is 4. The summed E-state index contributed by atoms with van der Waals surface area (Å²) in [5.41, 5.74) is -0.377. The maximum atomic E-state index is 12.6. The van der Waals surface area contributed by atoms with Gasteiger partial charge in [-0.25, -0.2) is 0 Å². The van der Waals surface area contributed by atoms with E-state index in [0.29, 0.717) is 6.07 Å². The molecular formula is C9H7F4NO3S. The van der Waals surface area contributed by atoms with Gasteiger partial charge in [-0.3, -0.25) is 4.79 Å². The van der Waals surface area contributed by atoms with E-state index in [9.17, 15) is 30.3 Å². The van der Waals surface area contributed by atoms with Crippen molar-refractivity contribution in [3.8, 4) is 0 Å². The fourth-order valence-electron chi connectivity index (χ4n) is 1.07. The van der Waals surface area contributed by atoms with Crippen LogP contribution >= 0.6 is 0 Å². The summed E-state index contributed by atoms with van der Waals surface area (Å²) in [4.78, 5) is 10.5. The molecule has 0 saturated carbocycles. The Morgan fingerprint density at radius 3 is 2.39 bits per heavy atom. The molecule has 0 aliphatic rings. The standard InChI is InChI=1S/C9H7F4NO3S/c10-9(11,12)5-14-8(15)6-2-1-3-7(4-6)18(13,16)17/h1-4H,5H2,(H,14,15). The number of nitrogens with one attached hydrogen (secondary N) is 1. The highest BCUT2D eigenvalue weighted by atomic mass is 32.3. The van der Waals surface area contributed by atoms with Crippen molar-refractivity contribution >= 4 is 16.1 Å². The van der Waals surface area contributed by atoms with E-state index >= 15 is 0 Å². The van der Waals surface area contributed by atoms with Crippen LogP contribution in [0.2, 0.25) is 0 Å². The molecule has 0 aliphatic heterocycles. The van der Waals surface area contributed by atoms with Gasteiger partial charge in [-0.05, 0) is 18.2 Å². The van der Waals surface area contributed by atoms with E-state index in [4.69, 9.17) is 0 Å². The van der Waals surface area contributed by atoms with Crippen molar-refractivity contribution in [1.29, 1.82) is 0 Å². The molecule has 1 aromatic rings. The minimum absolute atomic E-state index is 0.377. The normalized spacial score (nSPS) is 12.2. The van der Waals surface area contributed by atoms with Gasteiger partial charge in [-0.2, -0.15) is 21.6 Å². The minimum atomic E-state index is -5.00. The average Bonchev–Trinajstić information content (AvgIpc) is 2.24. The maximum absolute atomic E-state index is 12.6. The highest BCUT2D eigenvalue weighted by molar-refractivity contribution is 7.86. The van der Waals surface area contributed by atoms with E-state index in [0.717, 1.165) is 18.2 Å². The van der Waals surface area contributed by atoms with Crippen molar-refractivity contribution < 1.29 is 30.3 Å². The highest BCUT2D eigenvalue weighted by Crippen LogP contribution is 2.15. The van der Waals surface area contributed by atoms with Crippen LogP contribution in [0.3, 0.4) is 0 Å². The Hall–Kier alpha value is -1.64. The van der Waals surface area contributed by atoms with Gasteiger partial charge in [-0.15, -0.1) is 3.89 Å². The third-order valence-electron chi connectivity index (χ3n) is 1.83. The molecule has 0 heterocycles. The number of benzene rings is 1. The summed E-state index contributed by atoms with van der Waals surface area (Å²) < 4.78 is 69.2. The fraction of sp³-hybridized carbons (Fsp3) is 0.222. The molecule has 0 radical (unpaired) electrons. The van der Waals surface area contributed by atoms with Crippen LogP contribution in [0.5, 0.6) is 0 Å². The lowest BCUT2D eigenvalue weighted by Crippen LogP contribution is -2.33. The van der Waals surface area contributed by atoms with E-state index < -0.39 is 33.7 Å². The first-order chi connectivity index (χ1) is 8.09. The van der Waals surface area contributed by atoms with Gasteiger partial charge >= 0.3 is 16.4 Å². The molecule has 0 aromatic heterocycles. The van der Waals surface area contributed by atoms with Crippen molar-refractivity contribution in [2.24, 2.45) is 0 Å². The van der Waals surface area contributed by atoms with Crippen molar-refractivity contribution in [2.45, 2.75) is 11.1 Å². The third-order valence-corrected chi connectivity index (χ3v) is 2.64. The van der Waals surface area contributed by atoms with Gasteiger partial charge in [0.25, 0.3) is 5.91 Å². The fourth-order valence-corrected chi connectivity index (χ4v) is 1.58. The largest absolute Gasteiger partial charge is 0.405 e. The number of hydrogen-bond acceptors (Lipinski definition) is 3. The molecule has 0 unspecified atom stereocenters. The van der Waals surface area contributed by atoms with Gasteiger partial charge in [0.2, 0.25) is 0 Å². The second-order valence-electron chi connectivity index (χ2n) is 3.26. The van der Waals surface area contributed by atoms with Crippen molar-refractivity contribution in [2.75, 3.05) is 6.54 Å². The number of rotatable bonds is 3. The van der Waals surface area contributed by atoms with Gasteiger partial charge in [0.15, 0.2) is 0 Å². The number of hydrogen-bond donors (Lipinski definition) is 1. The Labute approximate surface area is 99.8 Å². The quantitative estimate of drug-likeness (QED) is 0.678. The van der Waals surface area contributed by atoms with Gasteiger partial charge in [-0.1, -0.05) is 6.07 Å². The molecular weight excluding hydrogens is 278 g/mol. The van der Waals surface area contributed by atoms with E-state index in [1.807, 2.05) is 0 Å². The number of carbonyl (C=O) groups excluding carboxylic acids is 1. The molecule has 0 atom stereocenters. The molecule has 1 N–H and O–H groups in total. The van der Waals surface area contributed by atoms with Crippen molar-refractivity contribution in [1.82, 2.24) is 5.32 Å². The first-order valence-corrected chi connectivity index (χ1v) is 5.87. The van der Waals surface area contributed by atoms with Crippen LogP contribution in [0, 0.1) is 0 Å². The van der Waals surface area contributed by atoms with Crippen LogP contribution in [0.15, 0.2) is 29.2 Å². The Morgan fingerprint density at radius 2 is 1.89 bits per heavy atom. The summed E-state index contributed by atoms with van der Waals surface area (Å²) in [5, 5.41) is 1.54. The topological polar surface area (TPSA) is 63.2 Å². The second-order valence-corrected chi connectivity index (χ2v) is 4.61. The summed E-state index contributed by atoms with van der Waals surface area (Å²) in [5.74, 6) is -1.14. The third kappa shape index (κ3) is 4.32. The molecule has 0 saturated heterocycles. The molecule has 9 heteroatoms. The molecule has 1 aromatic carbocycles. The van der Waals surface area contributed by atoms with Crippen LogP contribution in [0.1, 0.15) is 10.4 Å². The number of amides is 1. The monoisotopic (exact) mass is 285 g/mol. The Balaban J connectivity index is 2.88. The molecule has 0 aliphatic carbocycles. The summed E-state index contributed by atoms with van der Waals surface area (Å²) in [6, 6.07) is 3.66. The summed E-state index contributed by atoms with van der Waals surface area (Å²) in [6.07, 6.45) is -4.58. The first kappa shape index (κ1) is 14.4. The second kappa shape index (κ2) is 4.92. The van der Waals surface area contributed by atoms with Crippen molar-refractivity contribution in [3.05, 3.63) is 29.8 Å². The lowest BCUT2D eigenvalue weighted by Gasteiger charge is -2.08. The molecule has 1 amide bonds. The van der Waals surface area contributed by atoms with Gasteiger partial charge in [0, 0.05) is 5.56 Å². The van der Waals surface area contributed by atoms with Crippen LogP contribution in [-0.2, 0) is 10.2 Å². The minimum Gasteiger partial charge on any atom is -0.343 e. The van der Waals surface area contributed by atoms with Crippen LogP contribution in [0.4, 0.5) is 17.1 Å². The first-order valence-electron chi connectivity index (χ1n) is 4.49. The predicted molar refractivity (Wildman–Crippen MR) is 53.1 cm³/mol. The smallest absolute Gasteiger partial charge is 0.343 e. The zero-order valence-electron chi connectivity index (χ0n) is 8.66. The zero-order valence-corrected chi connectivity index (χ0v) is 9.48. The van der Waals surface area contributed by atoms with Gasteiger partial charge in [0.05, 0.1) is 4.90 Å². The summed E-state index contributed by atoms with van der Waals surface area (Å²) >= 11 is 0. The Bertz CT molecular complexity index is 553. The molecule has 100 valence electrons. The SMILES string of the molecule is O=C(NCC(F)(F)F)c1cccc(S(=O)(=O)F)c1. The highest BCUT2D eigenvalue weighted by Gasteiger charge is 2.28. The summed E-state index contributed by atoms with van der Waals surface area (Å²) in [6.45, 7) is -1.56. The van der Waals surface area contributed by atoms with Gasteiger partial charge in [0.1, 0.15) is 6.54 Å². The predicted octanol–water partition coefficient (Wildman–Crippen LogP) is 1.64. The lowest BCUT2D eigenvalue weighted by atomic mass is 10.2.